The number of carbonyl (C=O) groups excluding carboxylic acids is 1. The summed E-state index contributed by atoms with van der Waals surface area (Å²) in [6.07, 6.45) is -0.772. The van der Waals surface area contributed by atoms with E-state index < -0.39 is 23.9 Å². The third-order valence-electron chi connectivity index (χ3n) is 4.34. The number of nitrogens with one attached hydrogen (secondary N) is 2. The van der Waals surface area contributed by atoms with Crippen LogP contribution in [0.5, 0.6) is 5.88 Å². The Hall–Kier alpha value is -2.28. The number of anilines is 1. The maximum atomic E-state index is 13.9. The third kappa shape index (κ3) is 7.42. The van der Waals surface area contributed by atoms with E-state index in [2.05, 4.69) is 30.9 Å². The smallest absolute Gasteiger partial charge is 0.344 e. The number of rotatable bonds is 11. The number of urea groups is 1. The molecule has 0 saturated heterocycles. The van der Waals surface area contributed by atoms with E-state index in [0.29, 0.717) is 11.0 Å². The summed E-state index contributed by atoms with van der Waals surface area (Å²) in [5.41, 5.74) is -0.108. The van der Waals surface area contributed by atoms with Crippen molar-refractivity contribution in [2.45, 2.75) is 26.6 Å². The summed E-state index contributed by atoms with van der Waals surface area (Å²) in [5, 5.41) is 24.4. The van der Waals surface area contributed by atoms with Gasteiger partial charge in [-0.05, 0) is 36.8 Å². The molecule has 1 aromatic carbocycles. The zero-order valence-electron chi connectivity index (χ0n) is 17.0. The number of halogens is 2. The van der Waals surface area contributed by atoms with Crippen LogP contribution in [-0.2, 0) is 6.61 Å². The molecule has 1 heterocycles. The average molecular weight is 519 g/mol. The van der Waals surface area contributed by atoms with Crippen LogP contribution in [-0.4, -0.2) is 63.8 Å². The number of carboxylic acids is 1. The van der Waals surface area contributed by atoms with Gasteiger partial charge in [-0.25, -0.2) is 14.0 Å². The Labute approximate surface area is 191 Å². The van der Waals surface area contributed by atoms with Gasteiger partial charge in [0.05, 0.1) is 6.10 Å². The van der Waals surface area contributed by atoms with Gasteiger partial charge in [-0.2, -0.15) is 4.37 Å². The number of aromatic carboxylic acids is 1. The Balaban J connectivity index is 1.98. The summed E-state index contributed by atoms with van der Waals surface area (Å²) >= 11 is 3.88. The maximum Gasteiger partial charge on any atom is 0.344 e. The minimum absolute atomic E-state index is 0.00422. The number of carboxylic acid groups (broad SMARTS) is 1. The molecule has 0 saturated carbocycles. The zero-order valence-corrected chi connectivity index (χ0v) is 19.4. The maximum absolute atomic E-state index is 13.9. The van der Waals surface area contributed by atoms with Crippen LogP contribution in [0.4, 0.5) is 14.2 Å². The van der Waals surface area contributed by atoms with Crippen LogP contribution in [0.15, 0.2) is 22.7 Å². The Morgan fingerprint density at radius 1 is 1.35 bits per heavy atom. The van der Waals surface area contributed by atoms with Gasteiger partial charge in [-0.15, -0.1) is 0 Å². The highest BCUT2D eigenvalue weighted by atomic mass is 79.9. The van der Waals surface area contributed by atoms with Crippen LogP contribution in [0.3, 0.4) is 0 Å². The van der Waals surface area contributed by atoms with Gasteiger partial charge in [0.2, 0.25) is 5.88 Å². The van der Waals surface area contributed by atoms with Crippen LogP contribution in [0.1, 0.15) is 29.8 Å². The van der Waals surface area contributed by atoms with Crippen LogP contribution in [0, 0.1) is 5.82 Å². The number of nitrogens with zero attached hydrogens (tertiary/aromatic N) is 2. The van der Waals surface area contributed by atoms with Crippen LogP contribution in [0.2, 0.25) is 0 Å². The highest BCUT2D eigenvalue weighted by molar-refractivity contribution is 9.10. The lowest BCUT2D eigenvalue weighted by Crippen LogP contribution is -2.41. The predicted molar refractivity (Wildman–Crippen MR) is 118 cm³/mol. The highest BCUT2D eigenvalue weighted by Crippen LogP contribution is 2.31. The van der Waals surface area contributed by atoms with Crippen molar-refractivity contribution in [2.75, 3.05) is 31.5 Å². The quantitative estimate of drug-likeness (QED) is 0.360. The van der Waals surface area contributed by atoms with Gasteiger partial charge in [-0.3, -0.25) is 5.32 Å². The first-order valence-corrected chi connectivity index (χ1v) is 11.1. The summed E-state index contributed by atoms with van der Waals surface area (Å²) in [7, 11) is 0. The van der Waals surface area contributed by atoms with E-state index in [4.69, 9.17) is 4.74 Å². The molecular weight excluding hydrogens is 495 g/mol. The number of aliphatic hydroxyl groups is 1. The number of amides is 2. The molecule has 0 radical (unpaired) electrons. The largest absolute Gasteiger partial charge is 0.477 e. The van der Waals surface area contributed by atoms with Crippen LogP contribution < -0.4 is 15.4 Å². The molecule has 31 heavy (non-hydrogen) atoms. The van der Waals surface area contributed by atoms with E-state index in [-0.39, 0.29) is 35.2 Å². The summed E-state index contributed by atoms with van der Waals surface area (Å²) in [6, 6.07) is 3.72. The SMILES string of the molecule is CCN(CC)CC(O)CNC(=O)Nc1snc(OCc2ccc(Br)cc2F)c1C(=O)O. The summed E-state index contributed by atoms with van der Waals surface area (Å²) in [4.78, 5) is 25.8. The molecule has 0 aliphatic rings. The Morgan fingerprint density at radius 3 is 2.68 bits per heavy atom. The normalized spacial score (nSPS) is 11.9. The van der Waals surface area contributed by atoms with Crippen LogP contribution in [0.25, 0.3) is 0 Å². The minimum atomic E-state index is -1.35. The molecule has 0 bridgehead atoms. The molecule has 0 spiro atoms. The number of carbonyl (C=O) groups is 2. The van der Waals surface area contributed by atoms with Crippen LogP contribution >= 0.6 is 27.5 Å². The Kier molecular flexibility index (Phi) is 9.62. The van der Waals surface area contributed by atoms with Crippen molar-refractivity contribution in [1.82, 2.24) is 14.6 Å². The second-order valence-electron chi connectivity index (χ2n) is 6.50. The zero-order chi connectivity index (χ0) is 23.0. The van der Waals surface area contributed by atoms with Crippen molar-refractivity contribution in [1.29, 1.82) is 0 Å². The van der Waals surface area contributed by atoms with Gasteiger partial charge in [-0.1, -0.05) is 35.8 Å². The van der Waals surface area contributed by atoms with Gasteiger partial charge >= 0.3 is 12.0 Å². The van der Waals surface area contributed by atoms with E-state index >= 15 is 0 Å². The standard InChI is InChI=1S/C19H24BrFN4O5S/c1-3-25(4-2)9-13(26)8-22-19(29)23-17-15(18(27)28)16(24-31-17)30-10-11-5-6-12(20)7-14(11)21/h5-7,13,26H,3-4,8-10H2,1-2H3,(H,27,28)(H2,22,23,29). The second kappa shape index (κ2) is 11.9. The van der Waals surface area contributed by atoms with E-state index in [1.165, 1.54) is 12.1 Å². The molecule has 0 aliphatic heterocycles. The van der Waals surface area contributed by atoms with Gasteiger partial charge in [0.15, 0.2) is 5.56 Å². The van der Waals surface area contributed by atoms with Gasteiger partial charge in [0.1, 0.15) is 17.4 Å². The monoisotopic (exact) mass is 518 g/mol. The fourth-order valence-electron chi connectivity index (χ4n) is 2.64. The number of hydrogen-bond donors (Lipinski definition) is 4. The number of likely N-dealkylation sites (N-methyl/N-ethyl adjacent to an activating group) is 1. The molecule has 1 aromatic heterocycles. The fourth-order valence-corrected chi connectivity index (χ4v) is 3.69. The molecule has 170 valence electrons. The molecule has 4 N–H and O–H groups in total. The van der Waals surface area contributed by atoms with Crippen molar-refractivity contribution < 1.29 is 28.9 Å². The molecule has 0 aliphatic carbocycles. The first-order chi connectivity index (χ1) is 14.7. The lowest BCUT2D eigenvalue weighted by molar-refractivity contribution is 0.0693. The van der Waals surface area contributed by atoms with Crippen molar-refractivity contribution in [3.8, 4) is 5.88 Å². The third-order valence-corrected chi connectivity index (χ3v) is 5.58. The molecule has 2 amide bonds. The van der Waals surface area contributed by atoms with Gasteiger partial charge < -0.3 is 25.2 Å². The molecule has 0 fully saturated rings. The molecule has 1 unspecified atom stereocenters. The first-order valence-electron chi connectivity index (χ1n) is 9.50. The van der Waals surface area contributed by atoms with Gasteiger partial charge in [0, 0.05) is 23.1 Å². The molecule has 9 nitrogen and oxygen atoms in total. The van der Waals surface area contributed by atoms with Crippen molar-refractivity contribution in [3.05, 3.63) is 39.6 Å². The average Bonchev–Trinajstić information content (AvgIpc) is 3.12. The summed E-state index contributed by atoms with van der Waals surface area (Å²) < 4.78 is 23.8. The van der Waals surface area contributed by atoms with Gasteiger partial charge in [0.25, 0.3) is 0 Å². The first kappa shape index (κ1) is 25.0. The van der Waals surface area contributed by atoms with E-state index in [0.717, 1.165) is 24.6 Å². The number of benzene rings is 1. The number of hydrogen-bond acceptors (Lipinski definition) is 7. The molecular formula is C19H24BrFN4O5S. The van der Waals surface area contributed by atoms with Crippen molar-refractivity contribution in [2.24, 2.45) is 0 Å². The highest BCUT2D eigenvalue weighted by Gasteiger charge is 2.24. The second-order valence-corrected chi connectivity index (χ2v) is 8.19. The Bertz CT molecular complexity index is 909. The molecule has 12 heteroatoms. The number of ether oxygens (including phenoxy) is 1. The number of aromatic nitrogens is 1. The summed E-state index contributed by atoms with van der Waals surface area (Å²) in [6.45, 7) is 5.66. The van der Waals surface area contributed by atoms with E-state index in [1.54, 1.807) is 6.07 Å². The van der Waals surface area contributed by atoms with E-state index in [9.17, 15) is 24.2 Å². The van der Waals surface area contributed by atoms with E-state index in [1.807, 2.05) is 18.7 Å². The molecule has 2 rings (SSSR count). The lowest BCUT2D eigenvalue weighted by atomic mass is 10.2. The molecule has 2 aromatic rings. The summed E-state index contributed by atoms with van der Waals surface area (Å²) in [5.74, 6) is -2.09. The van der Waals surface area contributed by atoms with Crippen molar-refractivity contribution in [3.63, 3.8) is 0 Å². The predicted octanol–water partition coefficient (Wildman–Crippen LogP) is 3.15. The minimum Gasteiger partial charge on any atom is -0.477 e. The van der Waals surface area contributed by atoms with Crippen molar-refractivity contribution >= 4 is 44.5 Å². The topological polar surface area (TPSA) is 124 Å². The lowest BCUT2D eigenvalue weighted by Gasteiger charge is -2.21. The fraction of sp³-hybridized carbons (Fsp3) is 0.421. The molecule has 1 atom stereocenters. The number of aliphatic hydroxyl groups excluding tert-OH is 1. The Morgan fingerprint density at radius 2 is 2.06 bits per heavy atom.